The molecule has 0 bridgehead atoms. The van der Waals surface area contributed by atoms with Crippen molar-refractivity contribution < 1.29 is 23.9 Å². The minimum atomic E-state index is -0.608. The Morgan fingerprint density at radius 3 is 2.57 bits per heavy atom. The van der Waals surface area contributed by atoms with Gasteiger partial charge in [0.15, 0.2) is 0 Å². The number of hydrogen-bond acceptors (Lipinski definition) is 6. The SMILES string of the molecule is COC(=O)c1ccc(C(=O)OC)c(NC(=O)N2Cc3c(sc4c3CCCC4)-n3cccc3C2C)c1. The molecule has 1 unspecified atom stereocenters. The number of methoxy groups -OCH3 is 2. The fourth-order valence-corrected chi connectivity index (χ4v) is 6.38. The summed E-state index contributed by atoms with van der Waals surface area (Å²) in [6.07, 6.45) is 6.50. The maximum Gasteiger partial charge on any atom is 0.339 e. The van der Waals surface area contributed by atoms with E-state index in [4.69, 9.17) is 9.47 Å². The van der Waals surface area contributed by atoms with Gasteiger partial charge < -0.3 is 24.3 Å². The molecule has 0 radical (unpaired) electrons. The molecule has 0 fully saturated rings. The van der Waals surface area contributed by atoms with E-state index in [0.717, 1.165) is 25.0 Å². The molecule has 1 aliphatic heterocycles. The molecule has 0 saturated carbocycles. The Balaban J connectivity index is 1.53. The van der Waals surface area contributed by atoms with Gasteiger partial charge in [-0.15, -0.1) is 11.3 Å². The molecule has 3 aromatic rings. The summed E-state index contributed by atoms with van der Waals surface area (Å²) in [4.78, 5) is 41.4. The van der Waals surface area contributed by atoms with Crippen LogP contribution in [0, 0.1) is 0 Å². The highest BCUT2D eigenvalue weighted by Crippen LogP contribution is 2.42. The van der Waals surface area contributed by atoms with Crippen LogP contribution in [0.1, 0.15) is 68.2 Å². The molecular formula is C26H27N3O5S. The zero-order valence-corrected chi connectivity index (χ0v) is 20.7. The minimum absolute atomic E-state index is 0.160. The molecule has 1 N–H and O–H groups in total. The Bertz CT molecular complexity index is 1320. The molecule has 1 aromatic carbocycles. The number of amides is 2. The third kappa shape index (κ3) is 3.99. The second-order valence-corrected chi connectivity index (χ2v) is 9.86. The van der Waals surface area contributed by atoms with E-state index in [1.165, 1.54) is 59.8 Å². The number of hydrogen-bond donors (Lipinski definition) is 1. The first-order chi connectivity index (χ1) is 16.9. The van der Waals surface area contributed by atoms with Crippen LogP contribution in [0.4, 0.5) is 10.5 Å². The molecule has 35 heavy (non-hydrogen) atoms. The van der Waals surface area contributed by atoms with Crippen molar-refractivity contribution in [2.75, 3.05) is 19.5 Å². The van der Waals surface area contributed by atoms with Crippen molar-refractivity contribution in [2.24, 2.45) is 0 Å². The Hall–Kier alpha value is -3.59. The molecule has 2 amide bonds. The average molecular weight is 494 g/mol. The van der Waals surface area contributed by atoms with Crippen LogP contribution in [0.3, 0.4) is 0 Å². The number of aromatic nitrogens is 1. The minimum Gasteiger partial charge on any atom is -0.465 e. The van der Waals surface area contributed by atoms with Crippen molar-refractivity contribution in [2.45, 2.75) is 45.2 Å². The zero-order chi connectivity index (χ0) is 24.7. The van der Waals surface area contributed by atoms with Gasteiger partial charge in [-0.3, -0.25) is 0 Å². The third-order valence-electron chi connectivity index (χ3n) is 6.83. The molecule has 2 aromatic heterocycles. The van der Waals surface area contributed by atoms with Crippen LogP contribution in [0.25, 0.3) is 5.00 Å². The van der Waals surface area contributed by atoms with Gasteiger partial charge >= 0.3 is 18.0 Å². The molecule has 1 aliphatic carbocycles. The number of thiophene rings is 1. The number of aryl methyl sites for hydroxylation is 1. The van der Waals surface area contributed by atoms with E-state index in [2.05, 4.69) is 16.1 Å². The van der Waals surface area contributed by atoms with E-state index in [9.17, 15) is 14.4 Å². The third-order valence-corrected chi connectivity index (χ3v) is 8.16. The first-order valence-electron chi connectivity index (χ1n) is 11.6. The van der Waals surface area contributed by atoms with E-state index in [1.54, 1.807) is 4.90 Å². The standard InChI is InChI=1S/C26H27N3O5S/c1-15-21-8-6-12-28(21)23-19(17-7-4-5-9-22(17)35-23)14-29(15)26(32)27-20-13-16(24(30)33-2)10-11-18(20)25(31)34-3/h6,8,10-13,15H,4-5,7,9,14H2,1-3H3,(H,27,32). The van der Waals surface area contributed by atoms with E-state index in [0.29, 0.717) is 6.54 Å². The van der Waals surface area contributed by atoms with Gasteiger partial charge in [0.1, 0.15) is 5.00 Å². The van der Waals surface area contributed by atoms with Crippen molar-refractivity contribution in [3.8, 4) is 5.00 Å². The summed E-state index contributed by atoms with van der Waals surface area (Å²) >= 11 is 1.83. The highest BCUT2D eigenvalue weighted by molar-refractivity contribution is 7.15. The Kier molecular flexibility index (Phi) is 6.10. The van der Waals surface area contributed by atoms with Crippen LogP contribution in [-0.2, 0) is 28.9 Å². The normalized spacial score (nSPS) is 16.4. The molecule has 3 heterocycles. The summed E-state index contributed by atoms with van der Waals surface area (Å²) in [6.45, 7) is 2.46. The van der Waals surface area contributed by atoms with E-state index in [1.807, 2.05) is 30.4 Å². The van der Waals surface area contributed by atoms with Gasteiger partial charge in [-0.2, -0.15) is 0 Å². The fraction of sp³-hybridized carbons (Fsp3) is 0.346. The van der Waals surface area contributed by atoms with Gasteiger partial charge in [-0.25, -0.2) is 14.4 Å². The molecule has 9 heteroatoms. The first-order valence-corrected chi connectivity index (χ1v) is 12.4. The summed E-state index contributed by atoms with van der Waals surface area (Å²) in [5, 5.41) is 4.05. The van der Waals surface area contributed by atoms with Crippen molar-refractivity contribution in [3.05, 3.63) is 69.4 Å². The lowest BCUT2D eigenvalue weighted by molar-refractivity contribution is 0.0587. The highest BCUT2D eigenvalue weighted by Gasteiger charge is 2.33. The van der Waals surface area contributed by atoms with Crippen molar-refractivity contribution in [1.29, 1.82) is 0 Å². The number of esters is 2. The summed E-state index contributed by atoms with van der Waals surface area (Å²) < 4.78 is 11.9. The number of carbonyl (C=O) groups is 3. The largest absolute Gasteiger partial charge is 0.465 e. The summed E-state index contributed by atoms with van der Waals surface area (Å²) in [5.74, 6) is -1.17. The number of anilines is 1. The Labute approximate surface area is 207 Å². The van der Waals surface area contributed by atoms with Gasteiger partial charge in [0.05, 0.1) is 43.6 Å². The van der Waals surface area contributed by atoms with Gasteiger partial charge in [0.25, 0.3) is 0 Å². The summed E-state index contributed by atoms with van der Waals surface area (Å²) in [7, 11) is 2.55. The predicted octanol–water partition coefficient (Wildman–Crippen LogP) is 5.10. The number of nitrogens with one attached hydrogen (secondary N) is 1. The number of fused-ring (bicyclic) bond motifs is 5. The lowest BCUT2D eigenvalue weighted by Crippen LogP contribution is -2.36. The monoisotopic (exact) mass is 493 g/mol. The molecule has 182 valence electrons. The van der Waals surface area contributed by atoms with Gasteiger partial charge in [0.2, 0.25) is 0 Å². The molecule has 2 aliphatic rings. The van der Waals surface area contributed by atoms with Gasteiger partial charge in [-0.1, -0.05) is 0 Å². The number of carbonyl (C=O) groups excluding carboxylic acids is 3. The second kappa shape index (κ2) is 9.22. The molecule has 1 atom stereocenters. The van der Waals surface area contributed by atoms with Crippen LogP contribution >= 0.6 is 11.3 Å². The molecule has 0 spiro atoms. The predicted molar refractivity (Wildman–Crippen MR) is 132 cm³/mol. The molecule has 0 saturated heterocycles. The van der Waals surface area contributed by atoms with E-state index >= 15 is 0 Å². The number of urea groups is 1. The molecule has 5 rings (SSSR count). The molecule has 8 nitrogen and oxygen atoms in total. The second-order valence-electron chi connectivity index (χ2n) is 8.78. The number of nitrogens with zero attached hydrogens (tertiary/aromatic N) is 2. The lowest BCUT2D eigenvalue weighted by atomic mass is 9.95. The van der Waals surface area contributed by atoms with Crippen molar-refractivity contribution >= 4 is 35.0 Å². The smallest absolute Gasteiger partial charge is 0.339 e. The Morgan fingerprint density at radius 1 is 1.03 bits per heavy atom. The van der Waals surface area contributed by atoms with Crippen LogP contribution < -0.4 is 5.32 Å². The number of ether oxygens (including phenoxy) is 2. The van der Waals surface area contributed by atoms with Gasteiger partial charge in [-0.05, 0) is 68.5 Å². The average Bonchev–Trinajstić information content (AvgIpc) is 3.48. The van der Waals surface area contributed by atoms with E-state index < -0.39 is 11.9 Å². The summed E-state index contributed by atoms with van der Waals surface area (Å²) in [5.41, 5.74) is 4.16. The van der Waals surface area contributed by atoms with Crippen LogP contribution in [0.5, 0.6) is 0 Å². The van der Waals surface area contributed by atoms with E-state index in [-0.39, 0.29) is 28.9 Å². The Morgan fingerprint density at radius 2 is 1.80 bits per heavy atom. The number of rotatable bonds is 3. The lowest BCUT2D eigenvalue weighted by Gasteiger charge is -2.28. The van der Waals surface area contributed by atoms with Crippen LogP contribution in [0.15, 0.2) is 36.5 Å². The topological polar surface area (TPSA) is 89.9 Å². The first kappa shape index (κ1) is 23.2. The maximum absolute atomic E-state index is 13.7. The maximum atomic E-state index is 13.7. The van der Waals surface area contributed by atoms with Crippen molar-refractivity contribution in [3.63, 3.8) is 0 Å². The zero-order valence-electron chi connectivity index (χ0n) is 19.9. The van der Waals surface area contributed by atoms with Crippen molar-refractivity contribution in [1.82, 2.24) is 9.47 Å². The van der Waals surface area contributed by atoms with Gasteiger partial charge in [0, 0.05) is 22.3 Å². The highest BCUT2D eigenvalue weighted by atomic mass is 32.1. The van der Waals surface area contributed by atoms with Crippen LogP contribution in [-0.4, -0.2) is 41.7 Å². The number of benzene rings is 1. The summed E-state index contributed by atoms with van der Waals surface area (Å²) in [6, 6.07) is 7.84. The fourth-order valence-electron chi connectivity index (χ4n) is 4.98. The van der Waals surface area contributed by atoms with Crippen LogP contribution in [0.2, 0.25) is 0 Å². The molecular weight excluding hydrogens is 466 g/mol. The quantitative estimate of drug-likeness (QED) is 0.513.